The third kappa shape index (κ3) is 3.42. The van der Waals surface area contributed by atoms with Crippen molar-refractivity contribution in [1.29, 1.82) is 0 Å². The van der Waals surface area contributed by atoms with E-state index in [0.29, 0.717) is 0 Å². The van der Waals surface area contributed by atoms with Crippen molar-refractivity contribution in [1.82, 2.24) is 3.11 Å². The summed E-state index contributed by atoms with van der Waals surface area (Å²) in [5, 5.41) is 0. The average Bonchev–Trinajstić information content (AvgIpc) is 2.30. The number of carbonyl (C=O) groups excluding carboxylic acids is 1. The zero-order valence-corrected chi connectivity index (χ0v) is 10.5. The second-order valence-electron chi connectivity index (χ2n) is 4.31. The molecule has 1 aliphatic heterocycles. The molecule has 1 aliphatic rings. The summed E-state index contributed by atoms with van der Waals surface area (Å²) in [6.45, 7) is 6.69. The van der Waals surface area contributed by atoms with Crippen molar-refractivity contribution in [3.05, 3.63) is 0 Å². The van der Waals surface area contributed by atoms with Gasteiger partial charge < -0.3 is 4.74 Å². The molecule has 4 heteroatoms. The molecule has 0 spiro atoms. The third-order valence-corrected chi connectivity index (χ3v) is 3.02. The van der Waals surface area contributed by atoms with Gasteiger partial charge in [-0.25, -0.2) is 3.11 Å². The highest BCUT2D eigenvalue weighted by Gasteiger charge is 2.32. The van der Waals surface area contributed by atoms with Crippen LogP contribution in [0.2, 0.25) is 0 Å². The molecule has 0 aromatic heterocycles. The monoisotopic (exact) mass is 297 g/mol. The average molecular weight is 297 g/mol. The second kappa shape index (κ2) is 4.13. The highest BCUT2D eigenvalue weighted by molar-refractivity contribution is 14.1. The lowest BCUT2D eigenvalue weighted by Crippen LogP contribution is -2.35. The maximum Gasteiger partial charge on any atom is 0.324 e. The smallest absolute Gasteiger partial charge is 0.324 e. The molecule has 13 heavy (non-hydrogen) atoms. The van der Waals surface area contributed by atoms with Crippen molar-refractivity contribution < 1.29 is 9.53 Å². The standard InChI is InChI=1S/C9H16INO2/c1-9(2,3)13-8(12)7-5-4-6-11(7)10/h7H,4-6H2,1-3H3/t7-/m0/s1. The Bertz CT molecular complexity index is 200. The van der Waals surface area contributed by atoms with Crippen LogP contribution in [0, 0.1) is 0 Å². The number of carbonyl (C=O) groups is 1. The van der Waals surface area contributed by atoms with Gasteiger partial charge in [0.05, 0.1) is 0 Å². The van der Waals surface area contributed by atoms with Crippen LogP contribution in [0.1, 0.15) is 33.6 Å². The van der Waals surface area contributed by atoms with Crippen LogP contribution in [-0.2, 0) is 9.53 Å². The van der Waals surface area contributed by atoms with Crippen molar-refractivity contribution in [2.24, 2.45) is 0 Å². The predicted octanol–water partition coefficient (Wildman–Crippen LogP) is 2.14. The Morgan fingerprint density at radius 1 is 1.54 bits per heavy atom. The van der Waals surface area contributed by atoms with Gasteiger partial charge in [0.15, 0.2) is 0 Å². The Labute approximate surface area is 93.3 Å². The highest BCUT2D eigenvalue weighted by atomic mass is 127. The van der Waals surface area contributed by atoms with Crippen LogP contribution in [-0.4, -0.2) is 27.3 Å². The fraction of sp³-hybridized carbons (Fsp3) is 0.889. The number of halogens is 1. The summed E-state index contributed by atoms with van der Waals surface area (Å²) < 4.78 is 7.34. The summed E-state index contributed by atoms with van der Waals surface area (Å²) in [5.74, 6) is -0.0839. The zero-order chi connectivity index (χ0) is 10.1. The fourth-order valence-corrected chi connectivity index (χ4v) is 2.18. The number of hydrogen-bond donors (Lipinski definition) is 0. The topological polar surface area (TPSA) is 29.5 Å². The largest absolute Gasteiger partial charge is 0.459 e. The Kier molecular flexibility index (Phi) is 3.57. The molecule has 0 unspecified atom stereocenters. The molecule has 0 saturated carbocycles. The van der Waals surface area contributed by atoms with Gasteiger partial charge in [-0.3, -0.25) is 4.79 Å². The zero-order valence-electron chi connectivity index (χ0n) is 8.34. The van der Waals surface area contributed by atoms with Crippen LogP contribution >= 0.6 is 22.9 Å². The lowest BCUT2D eigenvalue weighted by molar-refractivity contribution is -0.158. The van der Waals surface area contributed by atoms with E-state index in [1.807, 2.05) is 23.9 Å². The number of rotatable bonds is 1. The Hall–Kier alpha value is 0.160. The molecule has 1 atom stereocenters. The minimum atomic E-state index is -0.364. The molecule has 1 rings (SSSR count). The van der Waals surface area contributed by atoms with E-state index in [2.05, 4.69) is 22.9 Å². The minimum Gasteiger partial charge on any atom is -0.459 e. The van der Waals surface area contributed by atoms with Gasteiger partial charge in [-0.1, -0.05) is 0 Å². The van der Waals surface area contributed by atoms with Crippen molar-refractivity contribution in [2.75, 3.05) is 6.54 Å². The quantitative estimate of drug-likeness (QED) is 0.422. The minimum absolute atomic E-state index is 0.0279. The first-order chi connectivity index (χ1) is 5.90. The Morgan fingerprint density at radius 2 is 2.15 bits per heavy atom. The maximum atomic E-state index is 11.6. The van der Waals surface area contributed by atoms with Gasteiger partial charge >= 0.3 is 5.97 Å². The van der Waals surface area contributed by atoms with Gasteiger partial charge in [0.1, 0.15) is 11.6 Å². The first-order valence-electron chi connectivity index (χ1n) is 4.55. The summed E-state index contributed by atoms with van der Waals surface area (Å²) in [7, 11) is 0. The van der Waals surface area contributed by atoms with Gasteiger partial charge in [0, 0.05) is 29.4 Å². The van der Waals surface area contributed by atoms with Crippen LogP contribution in [0.25, 0.3) is 0 Å². The van der Waals surface area contributed by atoms with E-state index in [-0.39, 0.29) is 17.6 Å². The molecule has 0 radical (unpaired) electrons. The maximum absolute atomic E-state index is 11.6. The summed E-state index contributed by atoms with van der Waals surface area (Å²) in [5.41, 5.74) is -0.364. The molecule has 0 aromatic carbocycles. The molecule has 0 aromatic rings. The van der Waals surface area contributed by atoms with E-state index < -0.39 is 0 Å². The summed E-state index contributed by atoms with van der Waals surface area (Å²) in [4.78, 5) is 11.6. The van der Waals surface area contributed by atoms with E-state index in [4.69, 9.17) is 4.74 Å². The van der Waals surface area contributed by atoms with Crippen molar-refractivity contribution in [2.45, 2.75) is 45.3 Å². The van der Waals surface area contributed by atoms with Gasteiger partial charge in [-0.2, -0.15) is 0 Å². The second-order valence-corrected chi connectivity index (χ2v) is 5.55. The third-order valence-electron chi connectivity index (χ3n) is 1.87. The van der Waals surface area contributed by atoms with Crippen LogP contribution in [0.15, 0.2) is 0 Å². The molecule has 1 saturated heterocycles. The molecule has 76 valence electrons. The molecule has 0 N–H and O–H groups in total. The van der Waals surface area contributed by atoms with E-state index in [1.54, 1.807) is 0 Å². The summed E-state index contributed by atoms with van der Waals surface area (Å²) >= 11 is 2.19. The fourth-order valence-electron chi connectivity index (χ4n) is 1.33. The van der Waals surface area contributed by atoms with Crippen LogP contribution in [0.3, 0.4) is 0 Å². The lowest BCUT2D eigenvalue weighted by atomic mass is 10.2. The molecule has 0 bridgehead atoms. The van der Waals surface area contributed by atoms with E-state index in [9.17, 15) is 4.79 Å². The van der Waals surface area contributed by atoms with Gasteiger partial charge in [0.2, 0.25) is 0 Å². The van der Waals surface area contributed by atoms with Gasteiger partial charge in [-0.05, 0) is 33.6 Å². The van der Waals surface area contributed by atoms with Gasteiger partial charge in [0.25, 0.3) is 0 Å². The number of ether oxygens (including phenoxy) is 1. The highest BCUT2D eigenvalue weighted by Crippen LogP contribution is 2.23. The number of hydrogen-bond acceptors (Lipinski definition) is 3. The van der Waals surface area contributed by atoms with E-state index >= 15 is 0 Å². The first-order valence-corrected chi connectivity index (χ1v) is 5.52. The van der Waals surface area contributed by atoms with Crippen LogP contribution in [0.5, 0.6) is 0 Å². The van der Waals surface area contributed by atoms with Crippen molar-refractivity contribution in [3.8, 4) is 0 Å². The Morgan fingerprint density at radius 3 is 2.54 bits per heavy atom. The molecule has 0 aliphatic carbocycles. The molecule has 1 fully saturated rings. The van der Waals surface area contributed by atoms with E-state index in [0.717, 1.165) is 19.4 Å². The van der Waals surface area contributed by atoms with E-state index in [1.165, 1.54) is 0 Å². The molecule has 0 amide bonds. The molecular formula is C9H16INO2. The number of esters is 1. The summed E-state index contributed by atoms with van der Waals surface area (Å²) in [6, 6.07) is -0.0279. The molecule has 3 nitrogen and oxygen atoms in total. The first kappa shape index (κ1) is 11.2. The van der Waals surface area contributed by atoms with Crippen molar-refractivity contribution >= 4 is 28.8 Å². The van der Waals surface area contributed by atoms with Crippen molar-refractivity contribution in [3.63, 3.8) is 0 Å². The van der Waals surface area contributed by atoms with Crippen LogP contribution < -0.4 is 0 Å². The lowest BCUT2D eigenvalue weighted by Gasteiger charge is -2.24. The Balaban J connectivity index is 2.48. The predicted molar refractivity (Wildman–Crippen MR) is 59.6 cm³/mol. The van der Waals surface area contributed by atoms with Crippen LogP contribution in [0.4, 0.5) is 0 Å². The van der Waals surface area contributed by atoms with Gasteiger partial charge in [-0.15, -0.1) is 0 Å². The number of nitrogens with zero attached hydrogens (tertiary/aromatic N) is 1. The molecular weight excluding hydrogens is 281 g/mol. The SMILES string of the molecule is CC(C)(C)OC(=O)[C@@H]1CCCN1I. The molecule has 1 heterocycles. The normalized spacial score (nSPS) is 24.8. The summed E-state index contributed by atoms with van der Waals surface area (Å²) in [6.07, 6.45) is 2.02.